The number of benzene rings is 3. The molecule has 0 aliphatic heterocycles. The molecule has 0 fully saturated rings. The Hall–Kier alpha value is -2.28. The molecule has 0 aliphatic rings. The van der Waals surface area contributed by atoms with Crippen molar-refractivity contribution in [2.75, 3.05) is 6.26 Å². The highest BCUT2D eigenvalue weighted by Crippen LogP contribution is 2.40. The summed E-state index contributed by atoms with van der Waals surface area (Å²) in [4.78, 5) is -0.164. The summed E-state index contributed by atoms with van der Waals surface area (Å²) in [5.41, 5.74) is 4.17. The third-order valence-corrected chi connectivity index (χ3v) is 9.28. The topological polar surface area (TPSA) is 77.4 Å². The van der Waals surface area contributed by atoms with E-state index >= 15 is 0 Å². The number of unbranched alkanes of at least 4 members (excludes halogenated alkanes) is 8. The molecular formula is C32H42O4S2. The Kier molecular flexibility index (Phi) is 12.2. The van der Waals surface area contributed by atoms with Gasteiger partial charge < -0.3 is 9.66 Å². The monoisotopic (exact) mass is 554 g/mol. The number of phenolic OH excluding ortho intramolecular Hbond substituents is 1. The molecule has 3 rings (SSSR count). The molecule has 1 atom stereocenters. The molecule has 0 saturated heterocycles. The lowest BCUT2D eigenvalue weighted by Gasteiger charge is -2.23. The highest BCUT2D eigenvalue weighted by atomic mass is 32.2. The zero-order valence-corrected chi connectivity index (χ0v) is 24.4. The van der Waals surface area contributed by atoms with Gasteiger partial charge in [-0.3, -0.25) is 0 Å². The summed E-state index contributed by atoms with van der Waals surface area (Å²) >= 11 is 1.21. The quantitative estimate of drug-likeness (QED) is 0.0843. The van der Waals surface area contributed by atoms with E-state index < -0.39 is 10.1 Å². The second-order valence-corrected chi connectivity index (χ2v) is 12.5. The molecule has 1 unspecified atom stereocenters. The van der Waals surface area contributed by atoms with Gasteiger partial charge in [0.05, 0.1) is 11.2 Å². The van der Waals surface area contributed by atoms with Crippen LogP contribution in [0.15, 0.2) is 71.6 Å². The molecule has 0 saturated carbocycles. The fourth-order valence-corrected chi connectivity index (χ4v) is 6.82. The minimum atomic E-state index is -4.68. The third kappa shape index (κ3) is 8.89. The second-order valence-electron chi connectivity index (χ2n) is 10.1. The van der Waals surface area contributed by atoms with Crippen LogP contribution < -0.4 is 0 Å². The summed E-state index contributed by atoms with van der Waals surface area (Å²) in [7, 11) is -4.68. The summed E-state index contributed by atoms with van der Waals surface area (Å²) in [6, 6.07) is 19.9. The molecule has 0 heterocycles. The predicted octanol–water partition coefficient (Wildman–Crippen LogP) is 7.96. The van der Waals surface area contributed by atoms with E-state index in [4.69, 9.17) is 0 Å². The van der Waals surface area contributed by atoms with Crippen LogP contribution in [0.4, 0.5) is 0 Å². The molecule has 4 nitrogen and oxygen atoms in total. The van der Waals surface area contributed by atoms with Gasteiger partial charge in [-0.25, -0.2) is 8.42 Å². The second kappa shape index (κ2) is 15.3. The Labute approximate surface area is 233 Å². The number of hydrogen-bond donors (Lipinski definition) is 1. The summed E-state index contributed by atoms with van der Waals surface area (Å²) in [6.07, 6.45) is 14.9. The van der Waals surface area contributed by atoms with Crippen LogP contribution in [-0.2, 0) is 28.3 Å². The SMILES string of the molecule is CCCCCCCCCCCC([SH+]C)c1ccc(S(=O)(=O)[O-])c(Cc2ccccc2)c1-c1ccc(O)cc1. The maximum absolute atomic E-state index is 12.4. The Morgan fingerprint density at radius 3 is 2.00 bits per heavy atom. The minimum absolute atomic E-state index is 0.146. The van der Waals surface area contributed by atoms with E-state index in [1.807, 2.05) is 48.5 Å². The van der Waals surface area contributed by atoms with Crippen LogP contribution in [0.25, 0.3) is 11.1 Å². The first-order valence-corrected chi connectivity index (χ1v) is 16.7. The maximum atomic E-state index is 12.4. The number of rotatable bonds is 16. The zero-order valence-electron chi connectivity index (χ0n) is 22.7. The molecular weight excluding hydrogens is 512 g/mol. The fraction of sp³-hybridized carbons (Fsp3) is 0.438. The smallest absolute Gasteiger partial charge is 0.141 e. The highest BCUT2D eigenvalue weighted by molar-refractivity contribution is 7.85. The van der Waals surface area contributed by atoms with Gasteiger partial charge in [0.15, 0.2) is 0 Å². The Balaban J connectivity index is 1.92. The molecule has 3 aromatic rings. The highest BCUT2D eigenvalue weighted by Gasteiger charge is 2.26. The number of thiol groups is 1. The Bertz CT molecular complexity index is 1220. The van der Waals surface area contributed by atoms with E-state index in [0.717, 1.165) is 35.1 Å². The van der Waals surface area contributed by atoms with Crippen molar-refractivity contribution in [3.8, 4) is 16.9 Å². The first-order valence-electron chi connectivity index (χ1n) is 13.9. The van der Waals surface area contributed by atoms with Gasteiger partial charge in [0.25, 0.3) is 0 Å². The molecule has 206 valence electrons. The van der Waals surface area contributed by atoms with Crippen LogP contribution >= 0.6 is 0 Å². The molecule has 3 aromatic carbocycles. The number of aromatic hydroxyl groups is 1. The van der Waals surface area contributed by atoms with Gasteiger partial charge in [-0.1, -0.05) is 107 Å². The molecule has 6 heteroatoms. The third-order valence-electron chi connectivity index (χ3n) is 7.20. The van der Waals surface area contributed by atoms with Crippen LogP contribution in [0.1, 0.15) is 93.1 Å². The van der Waals surface area contributed by atoms with Gasteiger partial charge in [-0.2, -0.15) is 0 Å². The van der Waals surface area contributed by atoms with E-state index in [2.05, 4.69) is 13.2 Å². The van der Waals surface area contributed by atoms with Gasteiger partial charge in [-0.05, 0) is 71.5 Å². The van der Waals surface area contributed by atoms with Crippen LogP contribution in [0.3, 0.4) is 0 Å². The van der Waals surface area contributed by atoms with Gasteiger partial charge in [0.1, 0.15) is 21.1 Å². The summed E-state index contributed by atoms with van der Waals surface area (Å²) in [5, 5.41) is 10.1. The lowest BCUT2D eigenvalue weighted by Crippen LogP contribution is -2.11. The lowest BCUT2D eigenvalue weighted by atomic mass is 9.88. The normalized spacial score (nSPS) is 12.5. The van der Waals surface area contributed by atoms with Crippen LogP contribution in [0.5, 0.6) is 5.75 Å². The van der Waals surface area contributed by atoms with E-state index in [0.29, 0.717) is 12.0 Å². The van der Waals surface area contributed by atoms with Crippen molar-refractivity contribution in [2.45, 2.75) is 87.7 Å². The van der Waals surface area contributed by atoms with Crippen molar-refractivity contribution in [1.29, 1.82) is 0 Å². The molecule has 38 heavy (non-hydrogen) atoms. The van der Waals surface area contributed by atoms with Crippen molar-refractivity contribution in [3.05, 3.63) is 83.4 Å². The molecule has 0 spiro atoms. The van der Waals surface area contributed by atoms with Crippen LogP contribution in [0.2, 0.25) is 0 Å². The Morgan fingerprint density at radius 1 is 0.816 bits per heavy atom. The van der Waals surface area contributed by atoms with Crippen molar-refractivity contribution >= 4 is 21.9 Å². The summed E-state index contributed by atoms with van der Waals surface area (Å²) in [6.45, 7) is 2.24. The summed E-state index contributed by atoms with van der Waals surface area (Å²) < 4.78 is 37.2. The lowest BCUT2D eigenvalue weighted by molar-refractivity contribution is 0.462. The van der Waals surface area contributed by atoms with Gasteiger partial charge >= 0.3 is 0 Å². The molecule has 0 bridgehead atoms. The average molecular weight is 555 g/mol. The van der Waals surface area contributed by atoms with E-state index in [1.165, 1.54) is 69.2 Å². The minimum Gasteiger partial charge on any atom is -0.744 e. The first kappa shape index (κ1) is 30.3. The molecule has 0 aromatic heterocycles. The van der Waals surface area contributed by atoms with Crippen molar-refractivity contribution in [1.82, 2.24) is 0 Å². The molecule has 0 aliphatic carbocycles. The van der Waals surface area contributed by atoms with E-state index in [9.17, 15) is 18.1 Å². The molecule has 0 radical (unpaired) electrons. The van der Waals surface area contributed by atoms with Crippen LogP contribution in [0, 0.1) is 0 Å². The van der Waals surface area contributed by atoms with Crippen molar-refractivity contribution < 1.29 is 18.1 Å². The predicted molar refractivity (Wildman–Crippen MR) is 160 cm³/mol. The summed E-state index contributed by atoms with van der Waals surface area (Å²) in [5.74, 6) is 0.146. The van der Waals surface area contributed by atoms with E-state index in [1.54, 1.807) is 12.1 Å². The first-order chi connectivity index (χ1) is 18.3. The van der Waals surface area contributed by atoms with Crippen molar-refractivity contribution in [2.24, 2.45) is 0 Å². The standard InChI is InChI=1S/C32H42O4S2/c1-3-4-5-6-7-8-9-10-14-17-30(37-2)28-22-23-31(38(34,35)36)29(24-25-15-12-11-13-16-25)32(28)26-18-20-27(33)21-19-26/h11-13,15-16,18-23,30,33H,3-10,14,17,24H2,1-2H3,(H,34,35,36). The fourth-order valence-electron chi connectivity index (χ4n) is 5.18. The van der Waals surface area contributed by atoms with Gasteiger partial charge in [0.2, 0.25) is 0 Å². The molecule has 1 N–H and O–H groups in total. The van der Waals surface area contributed by atoms with Gasteiger partial charge in [0, 0.05) is 5.56 Å². The van der Waals surface area contributed by atoms with Gasteiger partial charge in [-0.15, -0.1) is 0 Å². The Morgan fingerprint density at radius 2 is 1.42 bits per heavy atom. The van der Waals surface area contributed by atoms with Crippen molar-refractivity contribution in [3.63, 3.8) is 0 Å². The molecule has 0 amide bonds. The zero-order chi connectivity index (χ0) is 27.4. The van der Waals surface area contributed by atoms with Crippen LogP contribution in [-0.4, -0.2) is 24.3 Å². The largest absolute Gasteiger partial charge is 0.744 e. The number of hydrogen-bond acceptors (Lipinski definition) is 4. The number of phenols is 1. The maximum Gasteiger partial charge on any atom is 0.141 e. The average Bonchev–Trinajstić information content (AvgIpc) is 2.90. The van der Waals surface area contributed by atoms with E-state index in [-0.39, 0.29) is 15.9 Å².